The summed E-state index contributed by atoms with van der Waals surface area (Å²) < 4.78 is 0. The van der Waals surface area contributed by atoms with Gasteiger partial charge in [-0.15, -0.1) is 11.8 Å². The quantitative estimate of drug-likeness (QED) is 0.813. The van der Waals surface area contributed by atoms with Gasteiger partial charge in [-0.2, -0.15) is 0 Å². The number of nitrogens with zero attached hydrogens (tertiary/aromatic N) is 2. The van der Waals surface area contributed by atoms with Gasteiger partial charge in [0.2, 0.25) is 0 Å². The van der Waals surface area contributed by atoms with Crippen LogP contribution < -0.4 is 4.90 Å². The maximum atomic E-state index is 2.51. The molecule has 22 heavy (non-hydrogen) atoms. The Hall–Kier alpha value is -1.45. The lowest BCUT2D eigenvalue weighted by molar-refractivity contribution is 0.343. The van der Waals surface area contributed by atoms with Crippen molar-refractivity contribution in [3.8, 4) is 0 Å². The second-order valence-electron chi connectivity index (χ2n) is 6.36. The number of para-hydroxylation sites is 2. The topological polar surface area (TPSA) is 6.48 Å². The zero-order chi connectivity index (χ0) is 15.5. The minimum Gasteiger partial charge on any atom is -0.340 e. The molecule has 0 spiro atoms. The fourth-order valence-electron chi connectivity index (χ4n) is 3.17. The summed E-state index contributed by atoms with van der Waals surface area (Å²) in [5.74, 6) is 1.66. The number of hydrogen-bond acceptors (Lipinski definition) is 3. The minimum absolute atomic E-state index is 0.610. The van der Waals surface area contributed by atoms with E-state index in [9.17, 15) is 0 Å². The Morgan fingerprint density at radius 1 is 1.05 bits per heavy atom. The van der Waals surface area contributed by atoms with Gasteiger partial charge in [-0.3, -0.25) is 0 Å². The van der Waals surface area contributed by atoms with Crippen molar-refractivity contribution in [3.63, 3.8) is 0 Å². The predicted molar refractivity (Wildman–Crippen MR) is 97.2 cm³/mol. The van der Waals surface area contributed by atoms with E-state index in [-0.39, 0.29) is 0 Å². The molecule has 2 aromatic carbocycles. The average Bonchev–Trinajstić information content (AvgIpc) is 2.65. The van der Waals surface area contributed by atoms with Gasteiger partial charge >= 0.3 is 0 Å². The van der Waals surface area contributed by atoms with E-state index < -0.39 is 0 Å². The Balaban J connectivity index is 1.99. The van der Waals surface area contributed by atoms with Crippen LogP contribution in [0.15, 0.2) is 53.4 Å². The molecule has 1 atom stereocenters. The van der Waals surface area contributed by atoms with Crippen LogP contribution in [-0.4, -0.2) is 32.1 Å². The summed E-state index contributed by atoms with van der Waals surface area (Å²) >= 11 is 1.94. The standard InChI is InChI=1S/C19H24N2S/c1-15(12-20(2)3)13-21-17-9-5-4-8-16(17)14-22-19-11-7-6-10-18(19)21/h4-11,15H,12-14H2,1-3H3/t15-/m0/s1. The van der Waals surface area contributed by atoms with Crippen molar-refractivity contribution in [2.24, 2.45) is 5.92 Å². The molecule has 2 aromatic rings. The van der Waals surface area contributed by atoms with Gasteiger partial charge in [0.15, 0.2) is 0 Å². The van der Waals surface area contributed by atoms with Crippen molar-refractivity contribution in [1.82, 2.24) is 4.90 Å². The molecular formula is C19H24N2S. The van der Waals surface area contributed by atoms with Crippen molar-refractivity contribution in [2.45, 2.75) is 17.6 Å². The number of thioether (sulfide) groups is 1. The highest BCUT2D eigenvalue weighted by molar-refractivity contribution is 7.98. The van der Waals surface area contributed by atoms with Gasteiger partial charge in [0.05, 0.1) is 5.69 Å². The SMILES string of the molecule is C[C@@H](CN(C)C)CN1c2ccccc2CSc2ccccc21. The van der Waals surface area contributed by atoms with Crippen LogP contribution in [0, 0.1) is 5.92 Å². The molecule has 3 heteroatoms. The Bertz CT molecular complexity index is 591. The second kappa shape index (κ2) is 6.76. The molecule has 0 N–H and O–H groups in total. The molecule has 1 heterocycles. The molecule has 0 fully saturated rings. The molecule has 3 rings (SSSR count). The second-order valence-corrected chi connectivity index (χ2v) is 7.38. The summed E-state index contributed by atoms with van der Waals surface area (Å²) in [6.07, 6.45) is 0. The van der Waals surface area contributed by atoms with Gasteiger partial charge in [0.25, 0.3) is 0 Å². The van der Waals surface area contributed by atoms with E-state index in [0.717, 1.165) is 18.8 Å². The van der Waals surface area contributed by atoms with Crippen LogP contribution in [0.3, 0.4) is 0 Å². The highest BCUT2D eigenvalue weighted by Crippen LogP contribution is 2.42. The molecule has 0 saturated heterocycles. The number of anilines is 2. The zero-order valence-electron chi connectivity index (χ0n) is 13.6. The molecule has 116 valence electrons. The van der Waals surface area contributed by atoms with Crippen LogP contribution in [0.25, 0.3) is 0 Å². The third-order valence-corrected chi connectivity index (χ3v) is 5.10. The fourth-order valence-corrected chi connectivity index (χ4v) is 4.23. The summed E-state index contributed by atoms with van der Waals surface area (Å²) in [4.78, 5) is 6.17. The van der Waals surface area contributed by atoms with Crippen molar-refractivity contribution in [2.75, 3.05) is 32.1 Å². The Kier molecular flexibility index (Phi) is 4.74. The average molecular weight is 312 g/mol. The molecule has 1 aliphatic heterocycles. The highest BCUT2D eigenvalue weighted by Gasteiger charge is 2.22. The number of rotatable bonds is 4. The lowest BCUT2D eigenvalue weighted by Gasteiger charge is -2.30. The Morgan fingerprint density at radius 3 is 2.50 bits per heavy atom. The van der Waals surface area contributed by atoms with Gasteiger partial charge < -0.3 is 9.80 Å². The van der Waals surface area contributed by atoms with Crippen LogP contribution in [0.5, 0.6) is 0 Å². The minimum atomic E-state index is 0.610. The first-order valence-corrected chi connectivity index (χ1v) is 8.85. The maximum Gasteiger partial charge on any atom is 0.0549 e. The zero-order valence-corrected chi connectivity index (χ0v) is 14.4. The first-order chi connectivity index (χ1) is 10.6. The summed E-state index contributed by atoms with van der Waals surface area (Å²) in [6.45, 7) is 4.49. The van der Waals surface area contributed by atoms with Crippen molar-refractivity contribution >= 4 is 23.1 Å². The lowest BCUT2D eigenvalue weighted by Crippen LogP contribution is -2.30. The van der Waals surface area contributed by atoms with E-state index in [1.807, 2.05) is 11.8 Å². The summed E-state index contributed by atoms with van der Waals surface area (Å²) in [6, 6.07) is 17.6. The smallest absolute Gasteiger partial charge is 0.0549 e. The highest BCUT2D eigenvalue weighted by atomic mass is 32.2. The van der Waals surface area contributed by atoms with Crippen LogP contribution in [-0.2, 0) is 5.75 Å². The Morgan fingerprint density at radius 2 is 1.73 bits per heavy atom. The van der Waals surface area contributed by atoms with Crippen molar-refractivity contribution < 1.29 is 0 Å². The number of hydrogen-bond donors (Lipinski definition) is 0. The van der Waals surface area contributed by atoms with Gasteiger partial charge in [-0.1, -0.05) is 37.3 Å². The maximum absolute atomic E-state index is 2.51. The van der Waals surface area contributed by atoms with Crippen LogP contribution in [0.1, 0.15) is 12.5 Å². The van der Waals surface area contributed by atoms with E-state index in [4.69, 9.17) is 0 Å². The molecule has 0 aromatic heterocycles. The van der Waals surface area contributed by atoms with Gasteiger partial charge in [0, 0.05) is 29.4 Å². The molecule has 0 unspecified atom stereocenters. The van der Waals surface area contributed by atoms with Crippen molar-refractivity contribution in [3.05, 3.63) is 54.1 Å². The molecular weight excluding hydrogens is 288 g/mol. The van der Waals surface area contributed by atoms with E-state index in [1.165, 1.54) is 21.8 Å². The lowest BCUT2D eigenvalue weighted by atomic mass is 10.1. The third kappa shape index (κ3) is 3.31. The van der Waals surface area contributed by atoms with Gasteiger partial charge in [0.1, 0.15) is 0 Å². The summed E-state index contributed by atoms with van der Waals surface area (Å²) in [5.41, 5.74) is 4.15. The largest absolute Gasteiger partial charge is 0.340 e. The van der Waals surface area contributed by atoms with Gasteiger partial charge in [-0.05, 0) is 43.8 Å². The number of fused-ring (bicyclic) bond motifs is 2. The normalized spacial score (nSPS) is 15.2. The molecule has 1 aliphatic rings. The first kappa shape index (κ1) is 15.4. The fraction of sp³-hybridized carbons (Fsp3) is 0.368. The van der Waals surface area contributed by atoms with E-state index in [0.29, 0.717) is 5.92 Å². The first-order valence-electron chi connectivity index (χ1n) is 7.87. The predicted octanol–water partition coefficient (Wildman–Crippen LogP) is 4.63. The van der Waals surface area contributed by atoms with E-state index >= 15 is 0 Å². The third-order valence-electron chi connectivity index (χ3n) is 3.99. The molecule has 0 amide bonds. The van der Waals surface area contributed by atoms with E-state index in [1.54, 1.807) is 0 Å². The monoisotopic (exact) mass is 312 g/mol. The Labute approximate surface area is 138 Å². The van der Waals surface area contributed by atoms with Crippen LogP contribution in [0.4, 0.5) is 11.4 Å². The summed E-state index contributed by atoms with van der Waals surface area (Å²) in [5, 5.41) is 0. The molecule has 0 aliphatic carbocycles. The van der Waals surface area contributed by atoms with Crippen molar-refractivity contribution in [1.29, 1.82) is 0 Å². The molecule has 0 saturated carbocycles. The molecule has 0 bridgehead atoms. The molecule has 2 nitrogen and oxygen atoms in total. The number of benzene rings is 2. The molecule has 0 radical (unpaired) electrons. The van der Waals surface area contributed by atoms with Gasteiger partial charge in [-0.25, -0.2) is 0 Å². The van der Waals surface area contributed by atoms with Crippen LogP contribution >= 0.6 is 11.8 Å². The van der Waals surface area contributed by atoms with Crippen LogP contribution in [0.2, 0.25) is 0 Å². The van der Waals surface area contributed by atoms with E-state index in [2.05, 4.69) is 79.3 Å². The summed E-state index contributed by atoms with van der Waals surface area (Å²) in [7, 11) is 4.30.